The number of aromatic amines is 1. The summed E-state index contributed by atoms with van der Waals surface area (Å²) in [5.74, 6) is 0.412. The number of amides is 1. The zero-order chi connectivity index (χ0) is 22.1. The third-order valence-electron chi connectivity index (χ3n) is 6.24. The highest BCUT2D eigenvalue weighted by atomic mass is 16.1. The Balaban J connectivity index is 1.25. The van der Waals surface area contributed by atoms with Gasteiger partial charge in [-0.3, -0.25) is 9.89 Å². The number of fused-ring (bicyclic) bond motifs is 1. The first-order chi connectivity index (χ1) is 15.6. The molecule has 5 rings (SSSR count). The van der Waals surface area contributed by atoms with Gasteiger partial charge in [-0.05, 0) is 63.3 Å². The van der Waals surface area contributed by atoms with Crippen LogP contribution in [0.1, 0.15) is 23.2 Å². The van der Waals surface area contributed by atoms with Crippen molar-refractivity contribution in [1.29, 1.82) is 0 Å². The molecule has 3 heterocycles. The van der Waals surface area contributed by atoms with Gasteiger partial charge in [0, 0.05) is 53.1 Å². The lowest BCUT2D eigenvalue weighted by Gasteiger charge is -2.30. The smallest absolute Gasteiger partial charge is 0.256 e. The minimum absolute atomic E-state index is 0.163. The number of hydrogen-bond donors (Lipinski definition) is 3. The van der Waals surface area contributed by atoms with Gasteiger partial charge in [-0.2, -0.15) is 5.10 Å². The van der Waals surface area contributed by atoms with Crippen LogP contribution in [0.2, 0.25) is 0 Å². The highest BCUT2D eigenvalue weighted by Crippen LogP contribution is 2.30. The van der Waals surface area contributed by atoms with Gasteiger partial charge in [-0.1, -0.05) is 18.2 Å². The van der Waals surface area contributed by atoms with Gasteiger partial charge in [-0.25, -0.2) is 0 Å². The first-order valence-electron chi connectivity index (χ1n) is 11.0. The number of nitrogens with zero attached hydrogens (tertiary/aromatic N) is 3. The van der Waals surface area contributed by atoms with E-state index in [2.05, 4.69) is 55.7 Å². The summed E-state index contributed by atoms with van der Waals surface area (Å²) in [7, 11) is 4.18. The van der Waals surface area contributed by atoms with E-state index < -0.39 is 0 Å². The molecule has 1 amide bonds. The minimum atomic E-state index is -0.163. The molecule has 0 spiro atoms. The molecule has 0 bridgehead atoms. The second kappa shape index (κ2) is 8.51. The van der Waals surface area contributed by atoms with Gasteiger partial charge in [0.05, 0.1) is 5.69 Å². The van der Waals surface area contributed by atoms with E-state index >= 15 is 0 Å². The lowest BCUT2D eigenvalue weighted by Crippen LogP contribution is -2.36. The van der Waals surface area contributed by atoms with Crippen molar-refractivity contribution in [3.8, 4) is 11.3 Å². The summed E-state index contributed by atoms with van der Waals surface area (Å²) in [4.78, 5) is 15.1. The Morgan fingerprint density at radius 2 is 1.81 bits per heavy atom. The van der Waals surface area contributed by atoms with Crippen LogP contribution in [-0.4, -0.2) is 51.8 Å². The van der Waals surface area contributed by atoms with Crippen molar-refractivity contribution in [2.75, 3.05) is 30.8 Å². The quantitative estimate of drug-likeness (QED) is 0.442. The van der Waals surface area contributed by atoms with E-state index in [0.717, 1.165) is 53.8 Å². The van der Waals surface area contributed by atoms with Crippen LogP contribution in [0.5, 0.6) is 0 Å². The zero-order valence-electron chi connectivity index (χ0n) is 18.4. The monoisotopic (exact) mass is 428 g/mol. The molecule has 2 aromatic heterocycles. The van der Waals surface area contributed by atoms with Crippen molar-refractivity contribution in [2.45, 2.75) is 18.9 Å². The highest BCUT2D eigenvalue weighted by molar-refractivity contribution is 6.04. The largest absolute Gasteiger partial charge is 0.382 e. The fourth-order valence-corrected chi connectivity index (χ4v) is 4.37. The predicted molar refractivity (Wildman–Crippen MR) is 129 cm³/mol. The summed E-state index contributed by atoms with van der Waals surface area (Å²) in [6.07, 6.45) is 4.33. The molecule has 32 heavy (non-hydrogen) atoms. The Morgan fingerprint density at radius 1 is 1.06 bits per heavy atom. The van der Waals surface area contributed by atoms with E-state index in [4.69, 9.17) is 0 Å². The first kappa shape index (κ1) is 20.3. The highest BCUT2D eigenvalue weighted by Gasteiger charge is 2.17. The molecule has 7 heteroatoms. The van der Waals surface area contributed by atoms with Crippen LogP contribution in [0.15, 0.2) is 60.8 Å². The lowest BCUT2D eigenvalue weighted by atomic mass is 10.0. The van der Waals surface area contributed by atoms with Crippen LogP contribution < -0.4 is 10.6 Å². The molecule has 0 saturated carbocycles. The van der Waals surface area contributed by atoms with Crippen LogP contribution >= 0.6 is 0 Å². The summed E-state index contributed by atoms with van der Waals surface area (Å²) in [5.41, 5.74) is 4.64. The Hall–Kier alpha value is -3.58. The molecular formula is C25H28N6O. The number of anilines is 2. The van der Waals surface area contributed by atoms with Crippen LogP contribution in [0.3, 0.4) is 0 Å². The van der Waals surface area contributed by atoms with Gasteiger partial charge in [0.1, 0.15) is 5.82 Å². The number of aryl methyl sites for hydroxylation is 1. The number of H-pyrrole nitrogens is 1. The molecule has 3 N–H and O–H groups in total. The summed E-state index contributed by atoms with van der Waals surface area (Å²) in [6, 6.07) is 18.2. The van der Waals surface area contributed by atoms with E-state index in [1.165, 1.54) is 0 Å². The molecular weight excluding hydrogens is 400 g/mol. The van der Waals surface area contributed by atoms with Gasteiger partial charge in [0.25, 0.3) is 5.91 Å². The van der Waals surface area contributed by atoms with Crippen molar-refractivity contribution in [3.63, 3.8) is 0 Å². The lowest BCUT2D eigenvalue weighted by molar-refractivity contribution is 0.102. The number of piperidine rings is 1. The zero-order valence-corrected chi connectivity index (χ0v) is 18.4. The molecule has 0 aliphatic carbocycles. The topological polar surface area (TPSA) is 78.0 Å². The summed E-state index contributed by atoms with van der Waals surface area (Å²) >= 11 is 0. The van der Waals surface area contributed by atoms with Crippen molar-refractivity contribution in [1.82, 2.24) is 19.7 Å². The molecule has 1 fully saturated rings. The number of benzene rings is 2. The SMILES string of the molecule is CN1CCC(Nc2ccc(C(=O)Nc3cc(-c4cn(C)c5ccccc45)n[nH]3)cc2)CC1. The van der Waals surface area contributed by atoms with Crippen LogP contribution in [0, 0.1) is 0 Å². The maximum absolute atomic E-state index is 12.7. The van der Waals surface area contributed by atoms with E-state index in [1.807, 2.05) is 49.5 Å². The average Bonchev–Trinajstić information content (AvgIpc) is 3.40. The summed E-state index contributed by atoms with van der Waals surface area (Å²) in [6.45, 7) is 2.23. The van der Waals surface area contributed by atoms with Crippen LogP contribution in [-0.2, 0) is 7.05 Å². The van der Waals surface area contributed by atoms with E-state index in [-0.39, 0.29) is 5.91 Å². The minimum Gasteiger partial charge on any atom is -0.382 e. The molecule has 2 aromatic carbocycles. The predicted octanol–water partition coefficient (Wildman–Crippen LogP) is 4.33. The van der Waals surface area contributed by atoms with Gasteiger partial charge >= 0.3 is 0 Å². The number of nitrogens with one attached hydrogen (secondary N) is 3. The fraction of sp³-hybridized carbons (Fsp3) is 0.280. The van der Waals surface area contributed by atoms with Crippen molar-refractivity contribution in [3.05, 3.63) is 66.4 Å². The number of carbonyl (C=O) groups excluding carboxylic acids is 1. The fourth-order valence-electron chi connectivity index (χ4n) is 4.37. The van der Waals surface area contributed by atoms with E-state index in [0.29, 0.717) is 17.4 Å². The average molecular weight is 429 g/mol. The Morgan fingerprint density at radius 3 is 2.59 bits per heavy atom. The second-order valence-electron chi connectivity index (χ2n) is 8.59. The van der Waals surface area contributed by atoms with E-state index in [9.17, 15) is 4.79 Å². The van der Waals surface area contributed by atoms with Gasteiger partial charge < -0.3 is 20.1 Å². The molecule has 1 aliphatic rings. The summed E-state index contributed by atoms with van der Waals surface area (Å²) < 4.78 is 2.08. The summed E-state index contributed by atoms with van der Waals surface area (Å²) in [5, 5.41) is 15.0. The molecule has 1 aliphatic heterocycles. The standard InChI is InChI=1S/C25H28N6O/c1-30-13-11-19(12-14-30)26-18-9-7-17(8-10-18)25(32)27-24-15-22(28-29-24)21-16-31(2)23-6-4-3-5-20(21)23/h3-10,15-16,19,26H,11-14H2,1-2H3,(H2,27,28,29,32). The number of likely N-dealkylation sites (tertiary alicyclic amines) is 1. The van der Waals surface area contributed by atoms with Gasteiger partial charge in [-0.15, -0.1) is 0 Å². The molecule has 0 atom stereocenters. The Kier molecular flexibility index (Phi) is 5.41. The number of para-hydroxylation sites is 1. The van der Waals surface area contributed by atoms with Crippen LogP contribution in [0.25, 0.3) is 22.2 Å². The maximum atomic E-state index is 12.7. The molecule has 164 valence electrons. The molecule has 4 aromatic rings. The van der Waals surface area contributed by atoms with Gasteiger partial charge in [0.15, 0.2) is 0 Å². The van der Waals surface area contributed by atoms with Crippen molar-refractivity contribution in [2.24, 2.45) is 7.05 Å². The maximum Gasteiger partial charge on any atom is 0.256 e. The number of carbonyl (C=O) groups is 1. The second-order valence-corrected chi connectivity index (χ2v) is 8.59. The van der Waals surface area contributed by atoms with Crippen LogP contribution in [0.4, 0.5) is 11.5 Å². The number of aromatic nitrogens is 3. The van der Waals surface area contributed by atoms with E-state index in [1.54, 1.807) is 0 Å². The molecule has 7 nitrogen and oxygen atoms in total. The Bertz CT molecular complexity index is 1230. The third-order valence-corrected chi connectivity index (χ3v) is 6.24. The molecule has 0 radical (unpaired) electrons. The number of hydrogen-bond acceptors (Lipinski definition) is 4. The Labute approximate surface area is 187 Å². The molecule has 1 saturated heterocycles. The number of rotatable bonds is 5. The van der Waals surface area contributed by atoms with Crippen molar-refractivity contribution >= 4 is 28.3 Å². The third kappa shape index (κ3) is 4.11. The van der Waals surface area contributed by atoms with Gasteiger partial charge in [0.2, 0.25) is 0 Å². The first-order valence-corrected chi connectivity index (χ1v) is 11.0. The normalized spacial score (nSPS) is 15.2. The van der Waals surface area contributed by atoms with Crippen molar-refractivity contribution < 1.29 is 4.79 Å². The molecule has 0 unspecified atom stereocenters.